The molecule has 17 heavy (non-hydrogen) atoms. The van der Waals surface area contributed by atoms with Crippen LogP contribution < -0.4 is 5.32 Å². The van der Waals surface area contributed by atoms with Gasteiger partial charge in [-0.25, -0.2) is 13.4 Å². The number of pyridine rings is 1. The summed E-state index contributed by atoms with van der Waals surface area (Å²) in [7, 11) is -3.02. The fraction of sp³-hybridized carbons (Fsp3) is 0.545. The van der Waals surface area contributed by atoms with Crippen LogP contribution in [0.25, 0.3) is 0 Å². The largest absolute Gasteiger partial charge is 0.370 e. The average molecular weight is 255 g/mol. The van der Waals surface area contributed by atoms with Crippen LogP contribution in [0.3, 0.4) is 0 Å². The molecule has 1 aliphatic heterocycles. The standard InChI is InChI=1S/C11H17N3O2S/c1-2-12-11-8-10(4-5-13-11)9-14-6-3-7-17(14,15)16/h4-5,8H,2-3,6-7,9H2,1H3,(H,12,13). The Balaban J connectivity index is 2.11. The van der Waals surface area contributed by atoms with Crippen molar-refractivity contribution in [3.05, 3.63) is 23.9 Å². The molecule has 1 fully saturated rings. The fourth-order valence-corrected chi connectivity index (χ4v) is 3.43. The van der Waals surface area contributed by atoms with Crippen molar-refractivity contribution in [2.75, 3.05) is 24.2 Å². The first-order valence-corrected chi connectivity index (χ1v) is 7.39. The van der Waals surface area contributed by atoms with Gasteiger partial charge in [-0.1, -0.05) is 0 Å². The normalized spacial score (nSPS) is 19.4. The highest BCUT2D eigenvalue weighted by Crippen LogP contribution is 2.18. The van der Waals surface area contributed by atoms with E-state index < -0.39 is 10.0 Å². The summed E-state index contributed by atoms with van der Waals surface area (Å²) in [5.41, 5.74) is 0.974. The minimum atomic E-state index is -3.02. The van der Waals surface area contributed by atoms with Crippen LogP contribution in [-0.4, -0.2) is 36.5 Å². The van der Waals surface area contributed by atoms with Crippen molar-refractivity contribution < 1.29 is 8.42 Å². The Morgan fingerprint density at radius 3 is 3.00 bits per heavy atom. The molecule has 0 atom stereocenters. The Labute approximate surface area is 102 Å². The van der Waals surface area contributed by atoms with E-state index in [1.165, 1.54) is 4.31 Å². The van der Waals surface area contributed by atoms with Crippen molar-refractivity contribution >= 4 is 15.8 Å². The van der Waals surface area contributed by atoms with Crippen LogP contribution in [0.15, 0.2) is 18.3 Å². The van der Waals surface area contributed by atoms with Gasteiger partial charge in [-0.2, -0.15) is 4.31 Å². The van der Waals surface area contributed by atoms with Gasteiger partial charge in [0.05, 0.1) is 5.75 Å². The number of hydrogen-bond donors (Lipinski definition) is 1. The van der Waals surface area contributed by atoms with Gasteiger partial charge in [0, 0.05) is 25.8 Å². The van der Waals surface area contributed by atoms with Gasteiger partial charge in [-0.15, -0.1) is 0 Å². The quantitative estimate of drug-likeness (QED) is 0.873. The molecular formula is C11H17N3O2S. The predicted octanol–water partition coefficient (Wildman–Crippen LogP) is 1.05. The molecule has 1 N–H and O–H groups in total. The number of rotatable bonds is 4. The first-order chi connectivity index (χ1) is 8.12. The van der Waals surface area contributed by atoms with Crippen LogP contribution in [0.1, 0.15) is 18.9 Å². The molecule has 0 bridgehead atoms. The smallest absolute Gasteiger partial charge is 0.214 e. The fourth-order valence-electron chi connectivity index (χ4n) is 1.92. The molecule has 0 radical (unpaired) electrons. The van der Waals surface area contributed by atoms with Gasteiger partial charge in [0.1, 0.15) is 5.82 Å². The number of nitrogens with one attached hydrogen (secondary N) is 1. The lowest BCUT2D eigenvalue weighted by Crippen LogP contribution is -2.25. The van der Waals surface area contributed by atoms with Crippen LogP contribution in [-0.2, 0) is 16.6 Å². The highest BCUT2D eigenvalue weighted by atomic mass is 32.2. The average Bonchev–Trinajstić information content (AvgIpc) is 2.59. The third-order valence-electron chi connectivity index (χ3n) is 2.74. The highest BCUT2D eigenvalue weighted by molar-refractivity contribution is 7.89. The maximum atomic E-state index is 11.7. The van der Waals surface area contributed by atoms with E-state index in [0.29, 0.717) is 13.1 Å². The van der Waals surface area contributed by atoms with E-state index in [-0.39, 0.29) is 5.75 Å². The Kier molecular flexibility index (Phi) is 3.63. The van der Waals surface area contributed by atoms with Gasteiger partial charge in [0.15, 0.2) is 0 Å². The number of nitrogens with zero attached hydrogens (tertiary/aromatic N) is 2. The number of sulfonamides is 1. The summed E-state index contributed by atoms with van der Waals surface area (Å²) in [6.07, 6.45) is 2.43. The van der Waals surface area contributed by atoms with Crippen molar-refractivity contribution in [2.24, 2.45) is 0 Å². The Morgan fingerprint density at radius 2 is 2.35 bits per heavy atom. The molecule has 0 aliphatic carbocycles. The maximum absolute atomic E-state index is 11.7. The second-order valence-electron chi connectivity index (χ2n) is 4.08. The van der Waals surface area contributed by atoms with Crippen molar-refractivity contribution in [1.29, 1.82) is 0 Å². The van der Waals surface area contributed by atoms with Crippen LogP contribution in [0.2, 0.25) is 0 Å². The monoisotopic (exact) mass is 255 g/mol. The van der Waals surface area contributed by atoms with Gasteiger partial charge >= 0.3 is 0 Å². The van der Waals surface area contributed by atoms with Gasteiger partial charge in [0.25, 0.3) is 0 Å². The predicted molar refractivity (Wildman–Crippen MR) is 67.2 cm³/mol. The lowest BCUT2D eigenvalue weighted by atomic mass is 10.2. The molecule has 1 aliphatic rings. The van der Waals surface area contributed by atoms with Crippen LogP contribution in [0.4, 0.5) is 5.82 Å². The maximum Gasteiger partial charge on any atom is 0.214 e. The van der Waals surface area contributed by atoms with E-state index in [4.69, 9.17) is 0 Å². The third-order valence-corrected chi connectivity index (χ3v) is 4.65. The summed E-state index contributed by atoms with van der Waals surface area (Å²) in [6, 6.07) is 3.76. The Bertz CT molecular complexity index is 487. The van der Waals surface area contributed by atoms with Crippen molar-refractivity contribution in [2.45, 2.75) is 19.9 Å². The van der Waals surface area contributed by atoms with Gasteiger partial charge in [0.2, 0.25) is 10.0 Å². The lowest BCUT2D eigenvalue weighted by molar-refractivity contribution is 0.439. The third kappa shape index (κ3) is 2.95. The molecule has 0 unspecified atom stereocenters. The van der Waals surface area contributed by atoms with Gasteiger partial charge < -0.3 is 5.32 Å². The van der Waals surface area contributed by atoms with E-state index in [0.717, 1.165) is 24.3 Å². The van der Waals surface area contributed by atoms with Crippen molar-refractivity contribution in [3.8, 4) is 0 Å². The molecule has 1 saturated heterocycles. The second kappa shape index (κ2) is 5.01. The number of hydrogen-bond acceptors (Lipinski definition) is 4. The van der Waals surface area contributed by atoms with Crippen molar-refractivity contribution in [1.82, 2.24) is 9.29 Å². The van der Waals surface area contributed by atoms with Crippen molar-refractivity contribution in [3.63, 3.8) is 0 Å². The summed E-state index contributed by atoms with van der Waals surface area (Å²) in [6.45, 7) is 3.88. The first kappa shape index (κ1) is 12.3. The van der Waals surface area contributed by atoms with Gasteiger partial charge in [-0.05, 0) is 31.0 Å². The summed E-state index contributed by atoms with van der Waals surface area (Å²) in [5, 5.41) is 3.11. The van der Waals surface area contributed by atoms with Crippen LogP contribution in [0, 0.1) is 0 Å². The van der Waals surface area contributed by atoms with Crippen LogP contribution in [0.5, 0.6) is 0 Å². The van der Waals surface area contributed by atoms with Crippen LogP contribution >= 0.6 is 0 Å². The van der Waals surface area contributed by atoms with E-state index in [9.17, 15) is 8.42 Å². The SMILES string of the molecule is CCNc1cc(CN2CCCS2(=O)=O)ccn1. The molecule has 0 amide bonds. The van der Waals surface area contributed by atoms with E-state index in [1.54, 1.807) is 6.20 Å². The van der Waals surface area contributed by atoms with Gasteiger partial charge in [-0.3, -0.25) is 0 Å². The molecule has 94 valence electrons. The lowest BCUT2D eigenvalue weighted by Gasteiger charge is -2.14. The molecule has 0 spiro atoms. The topological polar surface area (TPSA) is 62.3 Å². The first-order valence-electron chi connectivity index (χ1n) is 5.78. The molecule has 2 heterocycles. The molecular weight excluding hydrogens is 238 g/mol. The number of anilines is 1. The van der Waals surface area contributed by atoms with E-state index >= 15 is 0 Å². The minimum absolute atomic E-state index is 0.276. The summed E-state index contributed by atoms with van der Waals surface area (Å²) < 4.78 is 24.9. The van der Waals surface area contributed by atoms with E-state index in [2.05, 4.69) is 10.3 Å². The molecule has 6 heteroatoms. The zero-order valence-corrected chi connectivity index (χ0v) is 10.7. The molecule has 0 saturated carbocycles. The number of aromatic nitrogens is 1. The Morgan fingerprint density at radius 1 is 1.53 bits per heavy atom. The Hall–Kier alpha value is -1.14. The highest BCUT2D eigenvalue weighted by Gasteiger charge is 2.27. The minimum Gasteiger partial charge on any atom is -0.370 e. The molecule has 5 nitrogen and oxygen atoms in total. The zero-order valence-electron chi connectivity index (χ0n) is 9.89. The zero-order chi connectivity index (χ0) is 12.3. The van der Waals surface area contributed by atoms with E-state index in [1.807, 2.05) is 19.1 Å². The summed E-state index contributed by atoms with van der Waals surface area (Å²) in [4.78, 5) is 4.16. The summed E-state index contributed by atoms with van der Waals surface area (Å²) in [5.74, 6) is 1.07. The summed E-state index contributed by atoms with van der Waals surface area (Å²) >= 11 is 0. The second-order valence-corrected chi connectivity index (χ2v) is 6.17. The molecule has 0 aromatic carbocycles. The molecule has 1 aromatic rings. The molecule has 2 rings (SSSR count). The molecule has 1 aromatic heterocycles.